The summed E-state index contributed by atoms with van der Waals surface area (Å²) in [5.74, 6) is 0.517. The van der Waals surface area contributed by atoms with Crippen molar-refractivity contribution in [1.29, 1.82) is 0 Å². The van der Waals surface area contributed by atoms with E-state index in [-0.39, 0.29) is 11.2 Å². The summed E-state index contributed by atoms with van der Waals surface area (Å²) >= 11 is 0. The molecule has 1 aliphatic carbocycles. The Morgan fingerprint density at radius 2 is 1.97 bits per heavy atom. The zero-order chi connectivity index (χ0) is 23.3. The number of rotatable bonds is 5. The number of nitrogens with zero attached hydrogens (tertiary/aromatic N) is 3. The Bertz CT molecular complexity index is 1080. The minimum atomic E-state index is -0.887. The monoisotopic (exact) mass is 443 g/mol. The molecule has 3 aliphatic rings. The summed E-state index contributed by atoms with van der Waals surface area (Å²) in [6.07, 6.45) is 3.76. The van der Waals surface area contributed by atoms with Gasteiger partial charge in [0.1, 0.15) is 0 Å². The second kappa shape index (κ2) is 7.76. The maximum absolute atomic E-state index is 12.5. The van der Waals surface area contributed by atoms with E-state index in [1.165, 1.54) is 0 Å². The number of ether oxygens (including phenoxy) is 2. The minimum Gasteiger partial charge on any atom is -0.481 e. The van der Waals surface area contributed by atoms with Crippen LogP contribution in [0.3, 0.4) is 0 Å². The number of aryl methyl sites for hydroxylation is 2. The van der Waals surface area contributed by atoms with Gasteiger partial charge in [0.05, 0.1) is 35.9 Å². The Labute approximate surface area is 188 Å². The molecule has 1 saturated carbocycles. The van der Waals surface area contributed by atoms with Crippen LogP contribution in [0.1, 0.15) is 58.4 Å². The number of fused-ring (bicyclic) bond motifs is 4. The maximum Gasteiger partial charge on any atom is 0.408 e. The van der Waals surface area contributed by atoms with Crippen LogP contribution >= 0.6 is 0 Å². The van der Waals surface area contributed by atoms with E-state index in [1.54, 1.807) is 35.8 Å². The quantitative estimate of drug-likeness (QED) is 0.757. The van der Waals surface area contributed by atoms with Crippen LogP contribution in [-0.4, -0.2) is 56.0 Å². The van der Waals surface area contributed by atoms with Crippen LogP contribution in [0.2, 0.25) is 0 Å². The van der Waals surface area contributed by atoms with Crippen LogP contribution in [-0.2, 0) is 18.2 Å². The summed E-state index contributed by atoms with van der Waals surface area (Å²) in [6, 6.07) is 5.29. The van der Waals surface area contributed by atoms with Crippen LogP contribution in [0.25, 0.3) is 11.0 Å². The van der Waals surface area contributed by atoms with Gasteiger partial charge in [0.15, 0.2) is 0 Å². The van der Waals surface area contributed by atoms with Gasteiger partial charge in [0, 0.05) is 24.7 Å². The van der Waals surface area contributed by atoms with E-state index in [1.807, 2.05) is 26.8 Å². The Kier molecular flexibility index (Phi) is 5.48. The highest BCUT2D eigenvalue weighted by molar-refractivity contribution is 5.79. The number of carboxylic acid groups (broad SMARTS) is 1. The smallest absolute Gasteiger partial charge is 0.408 e. The molecule has 3 fully saturated rings. The lowest BCUT2D eigenvalue weighted by Crippen LogP contribution is -2.68. The fraction of sp³-hybridized carbons (Fsp3) is 0.625. The average molecular weight is 444 g/mol. The molecule has 2 saturated heterocycles. The number of hydrogen-bond donors (Lipinski definition) is 1. The van der Waals surface area contributed by atoms with Gasteiger partial charge in [0.25, 0.3) is 5.56 Å². The van der Waals surface area contributed by atoms with Crippen molar-refractivity contribution in [2.24, 2.45) is 7.05 Å². The number of methoxy groups -OCH3 is 1. The molecule has 0 aromatic carbocycles. The van der Waals surface area contributed by atoms with E-state index in [9.17, 15) is 14.7 Å². The van der Waals surface area contributed by atoms with E-state index in [0.717, 1.165) is 48.7 Å². The van der Waals surface area contributed by atoms with Crippen molar-refractivity contribution in [3.05, 3.63) is 34.1 Å². The van der Waals surface area contributed by atoms with Crippen molar-refractivity contribution in [2.75, 3.05) is 13.7 Å². The minimum absolute atomic E-state index is 0.0635. The predicted octanol–water partition coefficient (Wildman–Crippen LogP) is 3.74. The zero-order valence-electron chi connectivity index (χ0n) is 19.6. The van der Waals surface area contributed by atoms with E-state index in [2.05, 4.69) is 4.98 Å². The molecule has 0 atom stereocenters. The first-order chi connectivity index (χ1) is 15.0. The summed E-state index contributed by atoms with van der Waals surface area (Å²) in [4.78, 5) is 30.8. The van der Waals surface area contributed by atoms with Crippen LogP contribution in [0.4, 0.5) is 4.79 Å². The summed E-state index contributed by atoms with van der Waals surface area (Å²) in [6.45, 7) is 6.23. The second-order valence-corrected chi connectivity index (χ2v) is 10.3. The molecule has 4 heterocycles. The molecule has 5 rings (SSSR count). The van der Waals surface area contributed by atoms with Gasteiger partial charge in [-0.3, -0.25) is 9.69 Å². The van der Waals surface area contributed by atoms with Gasteiger partial charge < -0.3 is 19.1 Å². The fourth-order valence-electron chi connectivity index (χ4n) is 5.60. The molecule has 1 N–H and O–H groups in total. The van der Waals surface area contributed by atoms with Crippen LogP contribution in [0, 0.1) is 0 Å². The molecule has 2 bridgehead atoms. The van der Waals surface area contributed by atoms with Gasteiger partial charge in [-0.1, -0.05) is 0 Å². The van der Waals surface area contributed by atoms with Gasteiger partial charge >= 0.3 is 6.09 Å². The molecule has 0 spiro atoms. The van der Waals surface area contributed by atoms with Crippen molar-refractivity contribution < 1.29 is 19.4 Å². The largest absolute Gasteiger partial charge is 0.481 e. The zero-order valence-corrected chi connectivity index (χ0v) is 19.6. The Morgan fingerprint density at radius 3 is 2.50 bits per heavy atom. The van der Waals surface area contributed by atoms with Gasteiger partial charge in [-0.2, -0.15) is 0 Å². The average Bonchev–Trinajstić information content (AvgIpc) is 2.75. The Balaban J connectivity index is 1.56. The van der Waals surface area contributed by atoms with E-state index in [4.69, 9.17) is 9.47 Å². The van der Waals surface area contributed by atoms with Gasteiger partial charge in [0.2, 0.25) is 5.88 Å². The summed E-state index contributed by atoms with van der Waals surface area (Å²) in [5.41, 5.74) is 1.15. The molecule has 2 aromatic heterocycles. The molecule has 8 heteroatoms. The molecular weight excluding hydrogens is 410 g/mol. The van der Waals surface area contributed by atoms with Crippen LogP contribution in [0.15, 0.2) is 23.0 Å². The fourth-order valence-corrected chi connectivity index (χ4v) is 5.60. The normalized spacial score (nSPS) is 25.2. The van der Waals surface area contributed by atoms with E-state index >= 15 is 0 Å². The molecule has 2 aliphatic heterocycles. The summed E-state index contributed by atoms with van der Waals surface area (Å²) < 4.78 is 13.3. The Morgan fingerprint density at radius 1 is 1.28 bits per heavy atom. The van der Waals surface area contributed by atoms with Crippen molar-refractivity contribution in [3.63, 3.8) is 0 Å². The van der Waals surface area contributed by atoms with Gasteiger partial charge in [-0.05, 0) is 70.9 Å². The van der Waals surface area contributed by atoms with Crippen LogP contribution < -0.4 is 10.3 Å². The lowest BCUT2D eigenvalue weighted by molar-refractivity contribution is -0.200. The maximum atomic E-state index is 12.5. The van der Waals surface area contributed by atoms with Crippen molar-refractivity contribution in [3.8, 4) is 5.88 Å². The topological polar surface area (TPSA) is 93.9 Å². The highest BCUT2D eigenvalue weighted by Gasteiger charge is 2.55. The first-order valence-corrected chi connectivity index (χ1v) is 11.2. The molecule has 174 valence electrons. The lowest BCUT2D eigenvalue weighted by Gasteiger charge is -2.59. The highest BCUT2D eigenvalue weighted by atomic mass is 16.5. The molecule has 0 unspecified atom stereocenters. The molecule has 2 aromatic rings. The first kappa shape index (κ1) is 22.6. The first-order valence-electron chi connectivity index (χ1n) is 11.2. The number of carbonyl (C=O) groups is 1. The standard InChI is InChI=1S/C24H33N3O5/c1-22(2,3)27(21(29)30)23-10-12-24(13-11-23,32-15-23)9-8-16-14-19(28)26(4)17-6-7-18(31-5)25-20(16)17/h6-7,14H,8-13,15H2,1-5H3,(H,29,30). The molecular formula is C24H33N3O5. The highest BCUT2D eigenvalue weighted by Crippen LogP contribution is 2.50. The molecule has 1 amide bonds. The second-order valence-electron chi connectivity index (χ2n) is 10.3. The predicted molar refractivity (Wildman–Crippen MR) is 121 cm³/mol. The summed E-state index contributed by atoms with van der Waals surface area (Å²) in [5, 5.41) is 9.90. The molecule has 32 heavy (non-hydrogen) atoms. The molecule has 0 radical (unpaired) electrons. The van der Waals surface area contributed by atoms with Crippen molar-refractivity contribution >= 4 is 17.1 Å². The van der Waals surface area contributed by atoms with Crippen molar-refractivity contribution in [2.45, 2.75) is 76.0 Å². The number of hydrogen-bond acceptors (Lipinski definition) is 5. The number of aromatic nitrogens is 2. The van der Waals surface area contributed by atoms with Gasteiger partial charge in [-0.25, -0.2) is 9.78 Å². The van der Waals surface area contributed by atoms with Gasteiger partial charge in [-0.15, -0.1) is 0 Å². The van der Waals surface area contributed by atoms with Crippen LogP contribution in [0.5, 0.6) is 5.88 Å². The third-order valence-corrected chi connectivity index (χ3v) is 7.28. The number of pyridine rings is 2. The SMILES string of the molecule is COc1ccc2c(n1)c(CCC13CCC(N(C(=O)O)C(C)(C)C)(CC1)CO3)cc(=O)n2C. The Hall–Kier alpha value is -2.61. The summed E-state index contributed by atoms with van der Waals surface area (Å²) in [7, 11) is 3.33. The third-order valence-electron chi connectivity index (χ3n) is 7.28. The molecule has 8 nitrogen and oxygen atoms in total. The lowest BCUT2D eigenvalue weighted by atomic mass is 9.67. The van der Waals surface area contributed by atoms with Crippen molar-refractivity contribution in [1.82, 2.24) is 14.5 Å². The van der Waals surface area contributed by atoms with E-state index < -0.39 is 17.2 Å². The number of amides is 1. The van der Waals surface area contributed by atoms with E-state index in [0.29, 0.717) is 18.9 Å². The third kappa shape index (κ3) is 3.74.